The van der Waals surface area contributed by atoms with Crippen LogP contribution >= 0.6 is 0 Å². The first kappa shape index (κ1) is 19.1. The molecular weight excluding hydrogens is 314 g/mol. The van der Waals surface area contributed by atoms with Crippen molar-refractivity contribution in [3.8, 4) is 0 Å². The molecule has 8 nitrogen and oxygen atoms in total. The fourth-order valence-electron chi connectivity index (χ4n) is 1.78. The molecule has 24 heavy (non-hydrogen) atoms. The van der Waals surface area contributed by atoms with Crippen LogP contribution in [0, 0.1) is 0 Å². The highest BCUT2D eigenvalue weighted by molar-refractivity contribution is 5.85. The average molecular weight is 335 g/mol. The van der Waals surface area contributed by atoms with Crippen molar-refractivity contribution in [2.75, 3.05) is 0 Å². The smallest absolute Gasteiger partial charge is 0.303 e. The van der Waals surface area contributed by atoms with Crippen LogP contribution in [0.4, 0.5) is 0 Å². The summed E-state index contributed by atoms with van der Waals surface area (Å²) in [7, 11) is 0. The molecule has 0 bridgehead atoms. The molecule has 0 heterocycles. The van der Waals surface area contributed by atoms with Crippen molar-refractivity contribution in [1.29, 1.82) is 0 Å². The van der Waals surface area contributed by atoms with E-state index in [4.69, 9.17) is 5.11 Å². The molecule has 0 atom stereocenters. The fourth-order valence-corrected chi connectivity index (χ4v) is 1.78. The Labute approximate surface area is 139 Å². The van der Waals surface area contributed by atoms with E-state index in [0.717, 1.165) is 5.56 Å². The van der Waals surface area contributed by atoms with Crippen LogP contribution in [0.1, 0.15) is 37.7 Å². The lowest BCUT2D eigenvalue weighted by Gasteiger charge is -2.07. The zero-order chi connectivity index (χ0) is 17.8. The number of hydrogen-bond donors (Lipinski definition) is 4. The van der Waals surface area contributed by atoms with Gasteiger partial charge in [-0.3, -0.25) is 30.0 Å². The Hall–Kier alpha value is -2.90. The van der Waals surface area contributed by atoms with Gasteiger partial charge in [0.2, 0.25) is 17.7 Å². The molecule has 0 aliphatic rings. The topological polar surface area (TPSA) is 125 Å². The molecule has 1 aromatic carbocycles. The summed E-state index contributed by atoms with van der Waals surface area (Å²) in [5, 5.41) is 11.1. The normalized spacial score (nSPS) is 9.83. The van der Waals surface area contributed by atoms with Crippen molar-refractivity contribution in [1.82, 2.24) is 16.2 Å². The minimum Gasteiger partial charge on any atom is -0.481 e. The van der Waals surface area contributed by atoms with Crippen LogP contribution in [0.15, 0.2) is 30.3 Å². The molecule has 0 spiro atoms. The summed E-state index contributed by atoms with van der Waals surface area (Å²) in [6.45, 7) is 0.390. The number of carbonyl (C=O) groups is 4. The van der Waals surface area contributed by atoms with Crippen molar-refractivity contribution in [2.24, 2.45) is 0 Å². The number of carboxylic acid groups (broad SMARTS) is 1. The average Bonchev–Trinajstić information content (AvgIpc) is 2.57. The van der Waals surface area contributed by atoms with Crippen molar-refractivity contribution in [2.45, 2.75) is 38.6 Å². The molecule has 0 fully saturated rings. The largest absolute Gasteiger partial charge is 0.481 e. The van der Waals surface area contributed by atoms with Crippen LogP contribution in [-0.2, 0) is 25.7 Å². The van der Waals surface area contributed by atoms with Crippen LogP contribution < -0.4 is 16.2 Å². The second-order valence-electron chi connectivity index (χ2n) is 5.11. The number of nitrogens with one attached hydrogen (secondary N) is 3. The van der Waals surface area contributed by atoms with Crippen LogP contribution in [0.25, 0.3) is 0 Å². The summed E-state index contributed by atoms with van der Waals surface area (Å²) in [4.78, 5) is 44.8. The SMILES string of the molecule is O=C(O)CCCC(=O)NNC(=O)CCC(=O)NCc1ccccc1. The van der Waals surface area contributed by atoms with E-state index in [2.05, 4.69) is 16.2 Å². The molecule has 130 valence electrons. The highest BCUT2D eigenvalue weighted by Crippen LogP contribution is 1.98. The third-order valence-corrected chi connectivity index (χ3v) is 3.05. The van der Waals surface area contributed by atoms with E-state index < -0.39 is 17.8 Å². The second-order valence-corrected chi connectivity index (χ2v) is 5.11. The number of amides is 3. The van der Waals surface area contributed by atoms with Gasteiger partial charge in [0.15, 0.2) is 0 Å². The first-order valence-electron chi connectivity index (χ1n) is 7.57. The molecule has 1 rings (SSSR count). The zero-order valence-corrected chi connectivity index (χ0v) is 13.2. The van der Waals surface area contributed by atoms with Crippen molar-refractivity contribution < 1.29 is 24.3 Å². The fraction of sp³-hybridized carbons (Fsp3) is 0.375. The van der Waals surface area contributed by atoms with Gasteiger partial charge < -0.3 is 10.4 Å². The van der Waals surface area contributed by atoms with Gasteiger partial charge >= 0.3 is 5.97 Å². The van der Waals surface area contributed by atoms with E-state index in [1.54, 1.807) is 0 Å². The van der Waals surface area contributed by atoms with Crippen LogP contribution in [0.2, 0.25) is 0 Å². The molecule has 8 heteroatoms. The van der Waals surface area contributed by atoms with Crippen molar-refractivity contribution in [3.63, 3.8) is 0 Å². The lowest BCUT2D eigenvalue weighted by atomic mass is 10.2. The van der Waals surface area contributed by atoms with Gasteiger partial charge in [0, 0.05) is 32.2 Å². The highest BCUT2D eigenvalue weighted by atomic mass is 16.4. The summed E-state index contributed by atoms with van der Waals surface area (Å²) in [6, 6.07) is 9.38. The molecule has 1 aromatic rings. The van der Waals surface area contributed by atoms with Gasteiger partial charge in [-0.25, -0.2) is 0 Å². The van der Waals surface area contributed by atoms with Crippen LogP contribution in [-0.4, -0.2) is 28.8 Å². The molecular formula is C16H21N3O5. The number of hydrogen-bond acceptors (Lipinski definition) is 4. The molecule has 0 saturated carbocycles. The van der Waals surface area contributed by atoms with E-state index in [0.29, 0.717) is 6.54 Å². The Kier molecular flexibility index (Phi) is 8.59. The van der Waals surface area contributed by atoms with Gasteiger partial charge in [-0.05, 0) is 12.0 Å². The standard InChI is InChI=1S/C16H21N3O5/c20-13(17-11-12-5-2-1-3-6-12)9-10-15(22)19-18-14(21)7-4-8-16(23)24/h1-3,5-6H,4,7-11H2,(H,17,20)(H,18,21)(H,19,22)(H,23,24). The van der Waals surface area contributed by atoms with Gasteiger partial charge in [-0.2, -0.15) is 0 Å². The molecule has 0 aliphatic heterocycles. The van der Waals surface area contributed by atoms with Crippen LogP contribution in [0.3, 0.4) is 0 Å². The van der Waals surface area contributed by atoms with E-state index in [9.17, 15) is 19.2 Å². The van der Waals surface area contributed by atoms with Gasteiger partial charge in [0.05, 0.1) is 0 Å². The number of hydrazine groups is 1. The summed E-state index contributed by atoms with van der Waals surface area (Å²) in [6.07, 6.45) is 0.0373. The highest BCUT2D eigenvalue weighted by Gasteiger charge is 2.08. The summed E-state index contributed by atoms with van der Waals surface area (Å²) >= 11 is 0. The van der Waals surface area contributed by atoms with E-state index in [1.807, 2.05) is 30.3 Å². The Morgan fingerprint density at radius 1 is 0.792 bits per heavy atom. The van der Waals surface area contributed by atoms with Gasteiger partial charge in [0.25, 0.3) is 0 Å². The molecule has 0 aliphatic carbocycles. The van der Waals surface area contributed by atoms with Crippen molar-refractivity contribution >= 4 is 23.7 Å². The summed E-state index contributed by atoms with van der Waals surface area (Å²) in [5.41, 5.74) is 5.32. The minimum absolute atomic E-state index is 0.00411. The maximum absolute atomic E-state index is 11.6. The maximum Gasteiger partial charge on any atom is 0.303 e. The zero-order valence-electron chi connectivity index (χ0n) is 13.2. The van der Waals surface area contributed by atoms with Gasteiger partial charge in [0.1, 0.15) is 0 Å². The molecule has 0 aromatic heterocycles. The Morgan fingerprint density at radius 3 is 2.00 bits per heavy atom. The van der Waals surface area contributed by atoms with Crippen molar-refractivity contribution in [3.05, 3.63) is 35.9 Å². The predicted molar refractivity (Wildman–Crippen MR) is 85.3 cm³/mol. The molecule has 0 unspecified atom stereocenters. The monoisotopic (exact) mass is 335 g/mol. The number of rotatable bonds is 9. The molecule has 0 radical (unpaired) electrons. The Morgan fingerprint density at radius 2 is 1.38 bits per heavy atom. The van der Waals surface area contributed by atoms with Gasteiger partial charge in [-0.1, -0.05) is 30.3 Å². The number of carboxylic acids is 1. The summed E-state index contributed by atoms with van der Waals surface area (Å²) in [5.74, 6) is -2.20. The van der Waals surface area contributed by atoms with E-state index in [-0.39, 0.29) is 38.0 Å². The van der Waals surface area contributed by atoms with Crippen LogP contribution in [0.5, 0.6) is 0 Å². The molecule has 4 N–H and O–H groups in total. The maximum atomic E-state index is 11.6. The predicted octanol–water partition coefficient (Wildman–Crippen LogP) is 0.485. The van der Waals surface area contributed by atoms with Gasteiger partial charge in [-0.15, -0.1) is 0 Å². The lowest BCUT2D eigenvalue weighted by Crippen LogP contribution is -2.41. The number of carbonyl (C=O) groups excluding carboxylic acids is 3. The van der Waals surface area contributed by atoms with E-state index in [1.165, 1.54) is 0 Å². The third-order valence-electron chi connectivity index (χ3n) is 3.05. The minimum atomic E-state index is -0.978. The quantitative estimate of drug-likeness (QED) is 0.489. The first-order chi connectivity index (χ1) is 11.5. The Balaban J connectivity index is 2.11. The first-order valence-corrected chi connectivity index (χ1v) is 7.57. The van der Waals surface area contributed by atoms with E-state index >= 15 is 0 Å². The summed E-state index contributed by atoms with van der Waals surface area (Å²) < 4.78 is 0. The molecule has 3 amide bonds. The third kappa shape index (κ3) is 9.19. The lowest BCUT2D eigenvalue weighted by molar-refractivity contribution is -0.137. The second kappa shape index (κ2) is 10.8. The Bertz CT molecular complexity index is 574. The number of aliphatic carboxylic acids is 1. The number of benzene rings is 1. The molecule has 0 saturated heterocycles.